The molecule has 0 aliphatic carbocycles. The summed E-state index contributed by atoms with van der Waals surface area (Å²) in [6.07, 6.45) is 1.82. The van der Waals surface area contributed by atoms with Crippen molar-refractivity contribution >= 4 is 11.6 Å². The first-order valence-electron chi connectivity index (χ1n) is 6.85. The van der Waals surface area contributed by atoms with Gasteiger partial charge in [-0.2, -0.15) is 0 Å². The van der Waals surface area contributed by atoms with Gasteiger partial charge in [-0.05, 0) is 32.0 Å². The first-order valence-corrected chi connectivity index (χ1v) is 6.85. The van der Waals surface area contributed by atoms with Crippen LogP contribution < -0.4 is 10.1 Å². The fourth-order valence-corrected chi connectivity index (χ4v) is 2.52. The first kappa shape index (κ1) is 15.2. The molecule has 0 bridgehead atoms. The Kier molecular flexibility index (Phi) is 4.74. The van der Waals surface area contributed by atoms with Crippen molar-refractivity contribution in [3.63, 3.8) is 0 Å². The monoisotopic (exact) mass is 293 g/mol. The van der Waals surface area contributed by atoms with Crippen LogP contribution in [0.2, 0.25) is 0 Å². The summed E-state index contributed by atoms with van der Waals surface area (Å²) < 4.78 is 5.00. The summed E-state index contributed by atoms with van der Waals surface area (Å²) in [5.74, 6) is -0.0420. The minimum absolute atomic E-state index is 0.101. The van der Waals surface area contributed by atoms with Gasteiger partial charge in [-0.3, -0.25) is 14.9 Å². The number of rotatable bonds is 4. The topological polar surface area (TPSA) is 84.7 Å². The number of hydrogen-bond acceptors (Lipinski definition) is 5. The molecule has 1 saturated heterocycles. The molecule has 0 spiro atoms. The van der Waals surface area contributed by atoms with Crippen LogP contribution in [0.4, 0.5) is 5.69 Å². The van der Waals surface area contributed by atoms with E-state index in [1.165, 1.54) is 25.3 Å². The molecule has 7 heteroatoms. The van der Waals surface area contributed by atoms with Crippen molar-refractivity contribution in [2.75, 3.05) is 27.2 Å². The number of hydrogen-bond donors (Lipinski definition) is 1. The largest absolute Gasteiger partial charge is 0.490 e. The van der Waals surface area contributed by atoms with E-state index in [-0.39, 0.29) is 23.4 Å². The lowest BCUT2D eigenvalue weighted by Crippen LogP contribution is -2.43. The molecule has 0 saturated carbocycles. The molecule has 0 atom stereocenters. The molecule has 0 radical (unpaired) electrons. The number of benzene rings is 1. The second kappa shape index (κ2) is 6.53. The molecule has 1 fully saturated rings. The molecule has 0 unspecified atom stereocenters. The van der Waals surface area contributed by atoms with Crippen molar-refractivity contribution < 1.29 is 14.5 Å². The Morgan fingerprint density at radius 3 is 2.67 bits per heavy atom. The van der Waals surface area contributed by atoms with Gasteiger partial charge in [0.25, 0.3) is 5.91 Å². The Balaban J connectivity index is 2.20. The zero-order valence-electron chi connectivity index (χ0n) is 12.2. The SMILES string of the molecule is COc1cc(C(=O)N(C)C2CCNCC2)ccc1[N+](=O)[O-]. The van der Waals surface area contributed by atoms with E-state index < -0.39 is 4.92 Å². The molecule has 1 aliphatic rings. The molecule has 1 aliphatic heterocycles. The summed E-state index contributed by atoms with van der Waals surface area (Å²) in [5, 5.41) is 14.1. The van der Waals surface area contributed by atoms with Crippen LogP contribution in [0.25, 0.3) is 0 Å². The molecule has 1 amide bonds. The number of nitrogens with one attached hydrogen (secondary N) is 1. The Hall–Kier alpha value is -2.15. The van der Waals surface area contributed by atoms with Crippen LogP contribution >= 0.6 is 0 Å². The second-order valence-corrected chi connectivity index (χ2v) is 5.04. The number of ether oxygens (including phenoxy) is 1. The van der Waals surface area contributed by atoms with Crippen molar-refractivity contribution in [1.29, 1.82) is 0 Å². The molecule has 0 aromatic heterocycles. The van der Waals surface area contributed by atoms with E-state index in [2.05, 4.69) is 5.32 Å². The smallest absolute Gasteiger partial charge is 0.310 e. The molecular formula is C14H19N3O4. The van der Waals surface area contributed by atoms with Crippen LogP contribution in [-0.4, -0.2) is 49.0 Å². The third kappa shape index (κ3) is 3.30. The molecule has 1 N–H and O–H groups in total. The predicted octanol–water partition coefficient (Wildman–Crippen LogP) is 1.43. The lowest BCUT2D eigenvalue weighted by molar-refractivity contribution is -0.385. The van der Waals surface area contributed by atoms with Gasteiger partial charge >= 0.3 is 5.69 Å². The van der Waals surface area contributed by atoms with E-state index in [0.717, 1.165) is 25.9 Å². The maximum Gasteiger partial charge on any atom is 0.310 e. The Bertz CT molecular complexity index is 541. The first-order chi connectivity index (χ1) is 10.0. The normalized spacial score (nSPS) is 15.5. The van der Waals surface area contributed by atoms with E-state index >= 15 is 0 Å². The summed E-state index contributed by atoms with van der Waals surface area (Å²) >= 11 is 0. The average Bonchev–Trinajstić information content (AvgIpc) is 2.53. The number of piperidine rings is 1. The highest BCUT2D eigenvalue weighted by Crippen LogP contribution is 2.28. The Labute approximate surface area is 123 Å². The van der Waals surface area contributed by atoms with Gasteiger partial charge in [0.05, 0.1) is 12.0 Å². The van der Waals surface area contributed by atoms with Gasteiger partial charge in [0.15, 0.2) is 5.75 Å². The minimum atomic E-state index is -0.524. The van der Waals surface area contributed by atoms with Crippen LogP contribution in [0.15, 0.2) is 18.2 Å². The van der Waals surface area contributed by atoms with Crippen molar-refractivity contribution in [3.05, 3.63) is 33.9 Å². The van der Waals surface area contributed by atoms with Crippen LogP contribution in [0.1, 0.15) is 23.2 Å². The molecule has 7 nitrogen and oxygen atoms in total. The number of amides is 1. The van der Waals surface area contributed by atoms with Gasteiger partial charge in [-0.15, -0.1) is 0 Å². The summed E-state index contributed by atoms with van der Waals surface area (Å²) in [6, 6.07) is 4.40. The van der Waals surface area contributed by atoms with Crippen molar-refractivity contribution in [1.82, 2.24) is 10.2 Å². The molecule has 2 rings (SSSR count). The highest BCUT2D eigenvalue weighted by molar-refractivity contribution is 5.95. The van der Waals surface area contributed by atoms with Gasteiger partial charge in [0.2, 0.25) is 0 Å². The van der Waals surface area contributed by atoms with Crippen LogP contribution in [0, 0.1) is 10.1 Å². The third-order valence-electron chi connectivity index (χ3n) is 3.80. The lowest BCUT2D eigenvalue weighted by Gasteiger charge is -2.31. The Morgan fingerprint density at radius 2 is 2.10 bits per heavy atom. The standard InChI is InChI=1S/C14H19N3O4/c1-16(11-5-7-15-8-6-11)14(18)10-3-4-12(17(19)20)13(9-10)21-2/h3-4,9,11,15H,5-8H2,1-2H3. The number of methoxy groups -OCH3 is 1. The highest BCUT2D eigenvalue weighted by Gasteiger charge is 2.24. The summed E-state index contributed by atoms with van der Waals surface area (Å²) in [4.78, 5) is 24.5. The van der Waals surface area contributed by atoms with Crippen LogP contribution in [0.3, 0.4) is 0 Å². The summed E-state index contributed by atoms with van der Waals surface area (Å²) in [7, 11) is 3.12. The summed E-state index contributed by atoms with van der Waals surface area (Å²) in [6.45, 7) is 1.79. The van der Waals surface area contributed by atoms with Gasteiger partial charge in [-0.25, -0.2) is 0 Å². The van der Waals surface area contributed by atoms with E-state index in [1.807, 2.05) is 0 Å². The zero-order valence-corrected chi connectivity index (χ0v) is 12.2. The average molecular weight is 293 g/mol. The fraction of sp³-hybridized carbons (Fsp3) is 0.500. The maximum atomic E-state index is 12.5. The van der Waals surface area contributed by atoms with E-state index in [4.69, 9.17) is 4.74 Å². The molecule has 1 aromatic carbocycles. The highest BCUT2D eigenvalue weighted by atomic mass is 16.6. The van der Waals surface area contributed by atoms with Gasteiger partial charge in [0.1, 0.15) is 0 Å². The number of nitrogens with zero attached hydrogens (tertiary/aromatic N) is 2. The quantitative estimate of drug-likeness (QED) is 0.670. The van der Waals surface area contributed by atoms with Crippen LogP contribution in [0.5, 0.6) is 5.75 Å². The number of nitro groups is 1. The van der Waals surface area contributed by atoms with Crippen molar-refractivity contribution in [2.24, 2.45) is 0 Å². The minimum Gasteiger partial charge on any atom is -0.490 e. The fourth-order valence-electron chi connectivity index (χ4n) is 2.52. The summed E-state index contributed by atoms with van der Waals surface area (Å²) in [5.41, 5.74) is 0.261. The lowest BCUT2D eigenvalue weighted by atomic mass is 10.0. The maximum absolute atomic E-state index is 12.5. The number of carbonyl (C=O) groups is 1. The molecule has 1 heterocycles. The van der Waals surface area contributed by atoms with Crippen molar-refractivity contribution in [3.8, 4) is 5.75 Å². The second-order valence-electron chi connectivity index (χ2n) is 5.04. The van der Waals surface area contributed by atoms with Crippen molar-refractivity contribution in [2.45, 2.75) is 18.9 Å². The van der Waals surface area contributed by atoms with Gasteiger partial charge in [0, 0.05) is 30.8 Å². The number of carbonyl (C=O) groups excluding carboxylic acids is 1. The van der Waals surface area contributed by atoms with E-state index in [9.17, 15) is 14.9 Å². The van der Waals surface area contributed by atoms with Gasteiger partial charge < -0.3 is 15.0 Å². The molecule has 21 heavy (non-hydrogen) atoms. The number of nitro benzene ring substituents is 1. The van der Waals surface area contributed by atoms with E-state index in [0.29, 0.717) is 5.56 Å². The Morgan fingerprint density at radius 1 is 1.43 bits per heavy atom. The third-order valence-corrected chi connectivity index (χ3v) is 3.80. The van der Waals surface area contributed by atoms with Gasteiger partial charge in [-0.1, -0.05) is 0 Å². The molecule has 1 aromatic rings. The zero-order chi connectivity index (χ0) is 15.4. The predicted molar refractivity (Wildman–Crippen MR) is 77.6 cm³/mol. The molecular weight excluding hydrogens is 274 g/mol. The van der Waals surface area contributed by atoms with Crippen LogP contribution in [-0.2, 0) is 0 Å². The molecule has 114 valence electrons. The van der Waals surface area contributed by atoms with E-state index in [1.54, 1.807) is 11.9 Å².